The standard InChI is InChI=1S/C24H33N5O3.HI/c1-25-23(30)17-29-14-12-19(13-15-29)28-24(26-2)27-16-18-8-10-20(11-9-18)32-22-7-5-4-6-21(22)31-3;/h4-11,19H,12-17H2,1-3H3,(H,25,30)(H2,26,27,28);1H. The molecule has 3 N–H and O–H groups in total. The van der Waals surface area contributed by atoms with E-state index in [1.165, 1.54) is 0 Å². The van der Waals surface area contributed by atoms with Crippen molar-refractivity contribution < 1.29 is 14.3 Å². The number of amides is 1. The molecule has 1 saturated heterocycles. The average molecular weight is 567 g/mol. The Kier molecular flexibility index (Phi) is 11.2. The Hall–Kier alpha value is -2.53. The highest BCUT2D eigenvalue weighted by Crippen LogP contribution is 2.30. The minimum Gasteiger partial charge on any atom is -0.493 e. The fourth-order valence-electron chi connectivity index (χ4n) is 3.60. The van der Waals surface area contributed by atoms with Gasteiger partial charge in [0.1, 0.15) is 5.75 Å². The van der Waals surface area contributed by atoms with Crippen LogP contribution in [0.25, 0.3) is 0 Å². The topological polar surface area (TPSA) is 87.2 Å². The Balaban J connectivity index is 0.00000385. The number of halogens is 1. The Morgan fingerprint density at radius 2 is 1.76 bits per heavy atom. The molecule has 0 radical (unpaired) electrons. The molecule has 0 aromatic heterocycles. The van der Waals surface area contributed by atoms with Crippen LogP contribution in [0.2, 0.25) is 0 Å². The van der Waals surface area contributed by atoms with Gasteiger partial charge in [-0.1, -0.05) is 24.3 Å². The number of para-hydroxylation sites is 2. The summed E-state index contributed by atoms with van der Waals surface area (Å²) >= 11 is 0. The molecule has 0 bridgehead atoms. The van der Waals surface area contributed by atoms with Crippen molar-refractivity contribution in [3.63, 3.8) is 0 Å². The summed E-state index contributed by atoms with van der Waals surface area (Å²) in [6, 6.07) is 15.9. The lowest BCUT2D eigenvalue weighted by Crippen LogP contribution is -2.49. The van der Waals surface area contributed by atoms with E-state index >= 15 is 0 Å². The van der Waals surface area contributed by atoms with Gasteiger partial charge in [0.2, 0.25) is 5.91 Å². The van der Waals surface area contributed by atoms with Gasteiger partial charge >= 0.3 is 0 Å². The van der Waals surface area contributed by atoms with Crippen LogP contribution >= 0.6 is 24.0 Å². The minimum absolute atomic E-state index is 0. The highest BCUT2D eigenvalue weighted by Gasteiger charge is 2.21. The quantitative estimate of drug-likeness (QED) is 0.259. The molecule has 2 aromatic carbocycles. The van der Waals surface area contributed by atoms with E-state index in [9.17, 15) is 4.79 Å². The Labute approximate surface area is 213 Å². The van der Waals surface area contributed by atoms with E-state index in [1.807, 2.05) is 48.5 Å². The summed E-state index contributed by atoms with van der Waals surface area (Å²) in [6.07, 6.45) is 1.96. The highest BCUT2D eigenvalue weighted by molar-refractivity contribution is 14.0. The first-order valence-electron chi connectivity index (χ1n) is 10.9. The van der Waals surface area contributed by atoms with Crippen LogP contribution in [-0.4, -0.2) is 63.6 Å². The van der Waals surface area contributed by atoms with Crippen molar-refractivity contribution >= 4 is 35.8 Å². The zero-order chi connectivity index (χ0) is 22.8. The van der Waals surface area contributed by atoms with E-state index in [4.69, 9.17) is 9.47 Å². The fourth-order valence-corrected chi connectivity index (χ4v) is 3.60. The Morgan fingerprint density at radius 1 is 1.09 bits per heavy atom. The van der Waals surface area contributed by atoms with Crippen molar-refractivity contribution in [3.8, 4) is 17.2 Å². The lowest BCUT2D eigenvalue weighted by molar-refractivity contribution is -0.122. The number of likely N-dealkylation sites (tertiary alicyclic amines) is 1. The Bertz CT molecular complexity index is 899. The molecule has 0 aliphatic carbocycles. The van der Waals surface area contributed by atoms with Crippen molar-refractivity contribution in [2.45, 2.75) is 25.4 Å². The first-order valence-corrected chi connectivity index (χ1v) is 10.9. The zero-order valence-electron chi connectivity index (χ0n) is 19.5. The number of likely N-dealkylation sites (N-methyl/N-ethyl adjacent to an activating group) is 1. The molecule has 0 saturated carbocycles. The van der Waals surface area contributed by atoms with Crippen LogP contribution in [0.4, 0.5) is 0 Å². The van der Waals surface area contributed by atoms with Crippen LogP contribution in [0, 0.1) is 0 Å². The molecule has 1 heterocycles. The van der Waals surface area contributed by atoms with Crippen molar-refractivity contribution in [3.05, 3.63) is 54.1 Å². The largest absolute Gasteiger partial charge is 0.493 e. The van der Waals surface area contributed by atoms with E-state index in [1.54, 1.807) is 21.2 Å². The number of piperidine rings is 1. The summed E-state index contributed by atoms with van der Waals surface area (Å²) in [5, 5.41) is 9.55. The highest BCUT2D eigenvalue weighted by atomic mass is 127. The van der Waals surface area contributed by atoms with Gasteiger partial charge in [-0.15, -0.1) is 24.0 Å². The molecule has 8 nitrogen and oxygen atoms in total. The molecule has 1 amide bonds. The maximum absolute atomic E-state index is 11.5. The molecule has 0 spiro atoms. The van der Waals surface area contributed by atoms with E-state index in [2.05, 4.69) is 25.8 Å². The predicted molar refractivity (Wildman–Crippen MR) is 142 cm³/mol. The second kappa shape index (κ2) is 13.9. The summed E-state index contributed by atoms with van der Waals surface area (Å²) in [5.41, 5.74) is 1.13. The molecular weight excluding hydrogens is 533 g/mol. The van der Waals surface area contributed by atoms with Crippen molar-refractivity contribution in [1.29, 1.82) is 0 Å². The number of carbonyl (C=O) groups excluding carboxylic acids is 1. The third kappa shape index (κ3) is 8.39. The number of carbonyl (C=O) groups is 1. The summed E-state index contributed by atoms with van der Waals surface area (Å²) in [4.78, 5) is 18.1. The number of nitrogens with one attached hydrogen (secondary N) is 3. The minimum atomic E-state index is 0. The van der Waals surface area contributed by atoms with Gasteiger partial charge in [0.25, 0.3) is 0 Å². The molecule has 0 atom stereocenters. The molecule has 0 unspecified atom stereocenters. The lowest BCUT2D eigenvalue weighted by Gasteiger charge is -2.32. The summed E-state index contributed by atoms with van der Waals surface area (Å²) in [6.45, 7) is 2.92. The number of hydrogen-bond acceptors (Lipinski definition) is 5. The van der Waals surface area contributed by atoms with Gasteiger partial charge in [-0.05, 0) is 42.7 Å². The molecule has 33 heavy (non-hydrogen) atoms. The van der Waals surface area contributed by atoms with Gasteiger partial charge < -0.3 is 25.4 Å². The smallest absolute Gasteiger partial charge is 0.233 e. The number of guanidine groups is 1. The van der Waals surface area contributed by atoms with Crippen LogP contribution in [-0.2, 0) is 11.3 Å². The first kappa shape index (κ1) is 26.7. The Morgan fingerprint density at radius 3 is 2.36 bits per heavy atom. The number of aliphatic imine (C=N–C) groups is 1. The van der Waals surface area contributed by atoms with Gasteiger partial charge in [0.05, 0.1) is 13.7 Å². The molecule has 2 aromatic rings. The zero-order valence-corrected chi connectivity index (χ0v) is 21.8. The summed E-state index contributed by atoms with van der Waals surface area (Å²) < 4.78 is 11.3. The van der Waals surface area contributed by atoms with Crippen molar-refractivity contribution in [2.75, 3.05) is 40.8 Å². The molecule has 180 valence electrons. The van der Waals surface area contributed by atoms with E-state index in [-0.39, 0.29) is 29.9 Å². The van der Waals surface area contributed by atoms with E-state index < -0.39 is 0 Å². The second-order valence-corrected chi connectivity index (χ2v) is 7.69. The number of methoxy groups -OCH3 is 1. The number of benzene rings is 2. The predicted octanol–water partition coefficient (Wildman–Crippen LogP) is 2.98. The third-order valence-corrected chi connectivity index (χ3v) is 5.48. The SMILES string of the molecule is CN=C(NCc1ccc(Oc2ccccc2OC)cc1)NC1CCN(CC(=O)NC)CC1.I. The molecular formula is C24H34IN5O3. The molecule has 1 aliphatic heterocycles. The number of hydrogen-bond donors (Lipinski definition) is 3. The summed E-state index contributed by atoms with van der Waals surface area (Å²) in [5.74, 6) is 2.99. The number of ether oxygens (including phenoxy) is 2. The second-order valence-electron chi connectivity index (χ2n) is 7.69. The van der Waals surface area contributed by atoms with Gasteiger partial charge in [-0.25, -0.2) is 0 Å². The third-order valence-electron chi connectivity index (χ3n) is 5.48. The van der Waals surface area contributed by atoms with Crippen LogP contribution in [0.5, 0.6) is 17.2 Å². The normalized spacial score (nSPS) is 14.7. The van der Waals surface area contributed by atoms with Crippen LogP contribution in [0.3, 0.4) is 0 Å². The van der Waals surface area contributed by atoms with Crippen molar-refractivity contribution in [2.24, 2.45) is 4.99 Å². The summed E-state index contributed by atoms with van der Waals surface area (Å²) in [7, 11) is 5.08. The van der Waals surface area contributed by atoms with Gasteiger partial charge in [-0.3, -0.25) is 14.7 Å². The van der Waals surface area contributed by atoms with Gasteiger partial charge in [-0.2, -0.15) is 0 Å². The van der Waals surface area contributed by atoms with Gasteiger partial charge in [0.15, 0.2) is 17.5 Å². The number of rotatable bonds is 8. The van der Waals surface area contributed by atoms with Crippen LogP contribution < -0.4 is 25.4 Å². The van der Waals surface area contributed by atoms with Crippen LogP contribution in [0.15, 0.2) is 53.5 Å². The molecule has 9 heteroatoms. The lowest BCUT2D eigenvalue weighted by atomic mass is 10.1. The monoisotopic (exact) mass is 567 g/mol. The molecule has 1 fully saturated rings. The average Bonchev–Trinajstić information content (AvgIpc) is 2.84. The maximum atomic E-state index is 11.5. The molecule has 3 rings (SSSR count). The van der Waals surface area contributed by atoms with E-state index in [0.717, 1.165) is 43.2 Å². The van der Waals surface area contributed by atoms with Crippen molar-refractivity contribution in [1.82, 2.24) is 20.9 Å². The fraction of sp³-hybridized carbons (Fsp3) is 0.417. The van der Waals surface area contributed by atoms with E-state index in [0.29, 0.717) is 30.6 Å². The maximum Gasteiger partial charge on any atom is 0.233 e. The molecule has 1 aliphatic rings. The van der Waals surface area contributed by atoms with Gasteiger partial charge in [0, 0.05) is 39.8 Å². The first-order chi connectivity index (χ1) is 15.6. The van der Waals surface area contributed by atoms with Crippen LogP contribution in [0.1, 0.15) is 18.4 Å². The number of nitrogens with zero attached hydrogens (tertiary/aromatic N) is 2.